The van der Waals surface area contributed by atoms with E-state index >= 15 is 0 Å². The van der Waals surface area contributed by atoms with E-state index in [9.17, 15) is 19.5 Å². The van der Waals surface area contributed by atoms with Crippen molar-refractivity contribution in [2.75, 3.05) is 32.6 Å². The number of carbonyl (C=O) groups excluding carboxylic acids is 1. The number of phosphoric ester groups is 1. The fraction of sp³-hybridized carbons (Fsp3) is 0.241. The molecule has 0 aliphatic heterocycles. The fourth-order valence-corrected chi connectivity index (χ4v) is 5.10. The maximum Gasteiger partial charge on any atom is 0.474 e. The highest BCUT2D eigenvalue weighted by Gasteiger charge is 2.26. The first-order valence-electron chi connectivity index (χ1n) is 12.9. The lowest BCUT2D eigenvalue weighted by atomic mass is 10.0. The van der Waals surface area contributed by atoms with E-state index in [2.05, 4.69) is 21.4 Å². The summed E-state index contributed by atoms with van der Waals surface area (Å²) in [5, 5.41) is 13.0. The zero-order valence-corrected chi connectivity index (χ0v) is 24.1. The minimum Gasteiger partial charge on any atom is -0.323 e. The molecule has 1 amide bonds. The van der Waals surface area contributed by atoms with Crippen LogP contribution in [0.2, 0.25) is 0 Å². The van der Waals surface area contributed by atoms with Gasteiger partial charge in [-0.15, -0.1) is 0 Å². The maximum atomic E-state index is 12.4. The molecule has 0 aliphatic carbocycles. The minimum absolute atomic E-state index is 0.0135. The second kappa shape index (κ2) is 13.0. The molecular weight excluding hydrogens is 543 g/mol. The van der Waals surface area contributed by atoms with Crippen LogP contribution in [0.5, 0.6) is 0 Å². The number of pyridine rings is 2. The van der Waals surface area contributed by atoms with Gasteiger partial charge in [0.15, 0.2) is 0 Å². The Balaban J connectivity index is 1.75. The number of carbonyl (C=O) groups is 1. The van der Waals surface area contributed by atoms with Gasteiger partial charge in [-0.2, -0.15) is 5.26 Å². The van der Waals surface area contributed by atoms with Crippen LogP contribution in [-0.2, 0) is 18.4 Å². The molecule has 2 N–H and O–H groups in total. The smallest absolute Gasteiger partial charge is 0.323 e. The molecule has 0 bridgehead atoms. The molecule has 2 atom stereocenters. The number of hydrogen-bond donors (Lipinski definition) is 2. The Morgan fingerprint density at radius 1 is 1.22 bits per heavy atom. The summed E-state index contributed by atoms with van der Waals surface area (Å²) in [5.74, 6) is -0.231. The summed E-state index contributed by atoms with van der Waals surface area (Å²) >= 11 is 0. The number of nitrogens with one attached hydrogen (secondary N) is 1. The zero-order valence-electron chi connectivity index (χ0n) is 23.2. The molecule has 0 spiro atoms. The van der Waals surface area contributed by atoms with Gasteiger partial charge < -0.3 is 19.7 Å². The predicted octanol–water partition coefficient (Wildman–Crippen LogP) is 5.37. The molecule has 41 heavy (non-hydrogen) atoms. The number of phosphoric acid groups is 1. The van der Waals surface area contributed by atoms with Crippen LogP contribution >= 0.6 is 7.82 Å². The van der Waals surface area contributed by atoms with E-state index in [0.717, 1.165) is 22.1 Å². The van der Waals surface area contributed by atoms with E-state index in [-0.39, 0.29) is 18.2 Å². The summed E-state index contributed by atoms with van der Waals surface area (Å²) < 4.78 is 24.2. The highest BCUT2D eigenvalue weighted by molar-refractivity contribution is 7.47. The highest BCUT2D eigenvalue weighted by Crippen LogP contribution is 2.47. The normalized spacial score (nSPS) is 13.8. The number of nitriles is 1. The van der Waals surface area contributed by atoms with Crippen LogP contribution in [-0.4, -0.2) is 57.5 Å². The Morgan fingerprint density at radius 3 is 2.76 bits per heavy atom. The van der Waals surface area contributed by atoms with Gasteiger partial charge in [-0.25, -0.2) is 14.5 Å². The van der Waals surface area contributed by atoms with Gasteiger partial charge in [0.05, 0.1) is 6.61 Å². The van der Waals surface area contributed by atoms with Crippen molar-refractivity contribution in [2.45, 2.75) is 20.1 Å². The van der Waals surface area contributed by atoms with Gasteiger partial charge >= 0.3 is 7.82 Å². The Hall–Kier alpha value is -4.17. The third kappa shape index (κ3) is 7.52. The molecule has 0 aliphatic rings. The van der Waals surface area contributed by atoms with Crippen LogP contribution in [0.15, 0.2) is 73.2 Å². The summed E-state index contributed by atoms with van der Waals surface area (Å²) in [6.07, 6.45) is 7.37. The summed E-state index contributed by atoms with van der Waals surface area (Å²) in [6.45, 7) is 3.88. The molecule has 12 heteroatoms. The van der Waals surface area contributed by atoms with Crippen LogP contribution in [0.25, 0.3) is 33.3 Å². The van der Waals surface area contributed by atoms with Crippen LogP contribution in [0.3, 0.4) is 0 Å². The SMILES string of the molecule is CCOP(=O)(O)OC(C)n1cc(-c2ccnc(C#N)c2)c2cc(-c3cccc(NC(=O)/C=C/CN(C)C)c3)cnc21. The first kappa shape index (κ1) is 29.8. The van der Waals surface area contributed by atoms with Crippen LogP contribution in [0.1, 0.15) is 25.8 Å². The molecule has 0 fully saturated rings. The Bertz CT molecular complexity index is 1680. The van der Waals surface area contributed by atoms with Crippen LogP contribution in [0, 0.1) is 11.3 Å². The number of benzene rings is 1. The average Bonchev–Trinajstić information content (AvgIpc) is 3.32. The summed E-state index contributed by atoms with van der Waals surface area (Å²) in [7, 11) is -0.451. The lowest BCUT2D eigenvalue weighted by Crippen LogP contribution is -2.12. The standard InChI is InChI=1S/C29H31N6O5P/c1-5-39-41(37,38)40-20(2)35-19-27(22-11-12-31-25(15-22)17-30)26-16-23(18-32-29(26)35)21-8-6-9-24(14-21)33-28(36)10-7-13-34(3)4/h6-12,14-16,18-20H,5,13H2,1-4H3,(H,33,36)(H,37,38)/b10-7+. The first-order valence-corrected chi connectivity index (χ1v) is 14.3. The number of rotatable bonds is 11. The van der Waals surface area contributed by atoms with Crippen LogP contribution in [0.4, 0.5) is 5.69 Å². The second-order valence-corrected chi connectivity index (χ2v) is 10.8. The maximum absolute atomic E-state index is 12.4. The quantitative estimate of drug-likeness (QED) is 0.179. The molecule has 3 heterocycles. The van der Waals surface area contributed by atoms with Crippen molar-refractivity contribution < 1.29 is 23.3 Å². The van der Waals surface area contributed by atoms with E-state index in [0.29, 0.717) is 23.4 Å². The summed E-state index contributed by atoms with van der Waals surface area (Å²) in [6, 6.07) is 14.8. The number of amides is 1. The van der Waals surface area contributed by atoms with Gasteiger partial charge in [-0.05, 0) is 69.4 Å². The molecule has 1 aromatic carbocycles. The van der Waals surface area contributed by atoms with E-state index in [1.807, 2.05) is 43.3 Å². The Labute approximate surface area is 238 Å². The number of hydrogen-bond acceptors (Lipinski definition) is 8. The fourth-order valence-electron chi connectivity index (χ4n) is 4.22. The monoisotopic (exact) mass is 574 g/mol. The topological polar surface area (TPSA) is 143 Å². The highest BCUT2D eigenvalue weighted by atomic mass is 31.2. The zero-order chi connectivity index (χ0) is 29.6. The van der Waals surface area contributed by atoms with Crippen molar-refractivity contribution in [2.24, 2.45) is 0 Å². The molecule has 3 aromatic heterocycles. The Kier molecular flexibility index (Phi) is 9.45. The van der Waals surface area contributed by atoms with Crippen molar-refractivity contribution in [3.8, 4) is 28.3 Å². The molecule has 4 rings (SSSR count). The van der Waals surface area contributed by atoms with Crippen molar-refractivity contribution in [1.29, 1.82) is 5.26 Å². The lowest BCUT2D eigenvalue weighted by molar-refractivity contribution is -0.111. The average molecular weight is 575 g/mol. The lowest BCUT2D eigenvalue weighted by Gasteiger charge is -2.18. The molecule has 4 aromatic rings. The number of nitrogens with zero attached hydrogens (tertiary/aromatic N) is 5. The summed E-state index contributed by atoms with van der Waals surface area (Å²) in [5.41, 5.74) is 4.42. The van der Waals surface area contributed by atoms with Gasteiger partial charge in [-0.1, -0.05) is 18.2 Å². The first-order chi connectivity index (χ1) is 19.6. The van der Waals surface area contributed by atoms with Gasteiger partial charge in [0.1, 0.15) is 23.6 Å². The number of likely N-dealkylation sites (N-methyl/N-ethyl adjacent to an activating group) is 1. The van der Waals surface area contributed by atoms with Gasteiger partial charge in [0.2, 0.25) is 5.91 Å². The number of fused-ring (bicyclic) bond motifs is 1. The molecular formula is C29H31N6O5P. The molecule has 212 valence electrons. The molecule has 0 radical (unpaired) electrons. The van der Waals surface area contributed by atoms with Crippen molar-refractivity contribution in [3.05, 3.63) is 78.9 Å². The minimum atomic E-state index is -4.30. The van der Waals surface area contributed by atoms with Crippen LogP contribution < -0.4 is 5.32 Å². The van der Waals surface area contributed by atoms with E-state index in [4.69, 9.17) is 9.05 Å². The van der Waals surface area contributed by atoms with Crippen molar-refractivity contribution in [3.63, 3.8) is 0 Å². The largest absolute Gasteiger partial charge is 0.474 e. The third-order valence-electron chi connectivity index (χ3n) is 6.03. The van der Waals surface area contributed by atoms with Crippen molar-refractivity contribution >= 4 is 30.5 Å². The summed E-state index contributed by atoms with van der Waals surface area (Å²) in [4.78, 5) is 33.1. The Morgan fingerprint density at radius 2 is 2.02 bits per heavy atom. The number of aromatic nitrogens is 3. The molecule has 0 saturated carbocycles. The predicted molar refractivity (Wildman–Crippen MR) is 157 cm³/mol. The van der Waals surface area contributed by atoms with E-state index in [1.165, 1.54) is 6.08 Å². The van der Waals surface area contributed by atoms with Gasteiger partial charge in [-0.3, -0.25) is 13.8 Å². The second-order valence-electron chi connectivity index (χ2n) is 9.41. The number of anilines is 1. The third-order valence-corrected chi connectivity index (χ3v) is 7.18. The van der Waals surface area contributed by atoms with E-state index in [1.54, 1.807) is 61.3 Å². The molecule has 0 saturated heterocycles. The van der Waals surface area contributed by atoms with Crippen molar-refractivity contribution in [1.82, 2.24) is 19.4 Å². The molecule has 2 unspecified atom stereocenters. The molecule has 11 nitrogen and oxygen atoms in total. The van der Waals surface area contributed by atoms with Gasteiger partial charge in [0, 0.05) is 53.4 Å². The van der Waals surface area contributed by atoms with E-state index < -0.39 is 14.1 Å². The van der Waals surface area contributed by atoms with Gasteiger partial charge in [0.25, 0.3) is 0 Å².